The first kappa shape index (κ1) is 12.1. The molecule has 1 rings (SSSR count). The van der Waals surface area contributed by atoms with Gasteiger partial charge in [0.1, 0.15) is 0 Å². The second-order valence-corrected chi connectivity index (χ2v) is 4.39. The van der Waals surface area contributed by atoms with Crippen molar-refractivity contribution in [2.45, 2.75) is 18.2 Å². The fraction of sp³-hybridized carbons (Fsp3) is 0.364. The van der Waals surface area contributed by atoms with E-state index in [1.54, 1.807) is 11.8 Å². The van der Waals surface area contributed by atoms with Crippen molar-refractivity contribution in [1.82, 2.24) is 0 Å². The molecule has 0 radical (unpaired) electrons. The van der Waals surface area contributed by atoms with Gasteiger partial charge in [0.2, 0.25) is 0 Å². The number of carboxylic acids is 1. The van der Waals surface area contributed by atoms with E-state index in [-0.39, 0.29) is 12.5 Å². The van der Waals surface area contributed by atoms with Crippen LogP contribution in [-0.4, -0.2) is 22.9 Å². The van der Waals surface area contributed by atoms with Gasteiger partial charge in [0.25, 0.3) is 0 Å². The van der Waals surface area contributed by atoms with Crippen molar-refractivity contribution in [3.8, 4) is 0 Å². The van der Waals surface area contributed by atoms with E-state index in [0.717, 1.165) is 5.75 Å². The zero-order valence-electron chi connectivity index (χ0n) is 8.43. The summed E-state index contributed by atoms with van der Waals surface area (Å²) in [6, 6.07) is 9.81. The molecule has 0 amide bonds. The van der Waals surface area contributed by atoms with Crippen molar-refractivity contribution in [2.24, 2.45) is 5.73 Å². The Bertz CT molecular complexity index is 303. The number of hydrogen-bond donors (Lipinski definition) is 2. The maximum Gasteiger partial charge on any atom is 0.304 e. The molecule has 4 heteroatoms. The van der Waals surface area contributed by atoms with Gasteiger partial charge in [-0.1, -0.05) is 30.3 Å². The molecule has 1 unspecified atom stereocenters. The van der Waals surface area contributed by atoms with Gasteiger partial charge in [-0.3, -0.25) is 4.79 Å². The quantitative estimate of drug-likeness (QED) is 0.773. The van der Waals surface area contributed by atoms with Crippen molar-refractivity contribution in [1.29, 1.82) is 0 Å². The number of carboxylic acid groups (broad SMARTS) is 1. The standard InChI is InChI=1S/C11H15NO2S/c12-10(6-11(13)14)8-15-7-9-4-2-1-3-5-9/h1-5,10H,6-8,12H2,(H,13,14). The molecule has 0 bridgehead atoms. The molecule has 0 spiro atoms. The van der Waals surface area contributed by atoms with Crippen LogP contribution in [0.4, 0.5) is 0 Å². The van der Waals surface area contributed by atoms with Gasteiger partial charge in [-0.05, 0) is 5.56 Å². The van der Waals surface area contributed by atoms with Crippen LogP contribution in [0.25, 0.3) is 0 Å². The fourth-order valence-corrected chi connectivity index (χ4v) is 2.15. The molecule has 1 atom stereocenters. The van der Waals surface area contributed by atoms with Gasteiger partial charge in [0.05, 0.1) is 6.42 Å². The highest BCUT2D eigenvalue weighted by Crippen LogP contribution is 2.12. The molecule has 0 saturated carbocycles. The lowest BCUT2D eigenvalue weighted by Gasteiger charge is -2.07. The molecule has 1 aromatic rings. The molecule has 0 aromatic heterocycles. The summed E-state index contributed by atoms with van der Waals surface area (Å²) in [5.74, 6) is 0.734. The number of carbonyl (C=O) groups is 1. The van der Waals surface area contributed by atoms with Crippen LogP contribution < -0.4 is 5.73 Å². The second-order valence-electron chi connectivity index (χ2n) is 3.36. The summed E-state index contributed by atoms with van der Waals surface area (Å²) in [4.78, 5) is 10.4. The average molecular weight is 225 g/mol. The Morgan fingerprint density at radius 3 is 2.67 bits per heavy atom. The van der Waals surface area contributed by atoms with Gasteiger partial charge >= 0.3 is 5.97 Å². The van der Waals surface area contributed by atoms with Gasteiger partial charge in [-0.15, -0.1) is 0 Å². The molecular weight excluding hydrogens is 210 g/mol. The van der Waals surface area contributed by atoms with Gasteiger partial charge in [-0.2, -0.15) is 11.8 Å². The van der Waals surface area contributed by atoms with Crippen LogP contribution in [-0.2, 0) is 10.5 Å². The van der Waals surface area contributed by atoms with E-state index >= 15 is 0 Å². The molecule has 0 aliphatic heterocycles. The van der Waals surface area contributed by atoms with Crippen LogP contribution in [0.3, 0.4) is 0 Å². The van der Waals surface area contributed by atoms with Crippen molar-refractivity contribution < 1.29 is 9.90 Å². The van der Waals surface area contributed by atoms with E-state index in [4.69, 9.17) is 10.8 Å². The first-order valence-electron chi connectivity index (χ1n) is 4.77. The van der Waals surface area contributed by atoms with E-state index in [1.807, 2.05) is 18.2 Å². The normalized spacial score (nSPS) is 12.3. The number of aliphatic carboxylic acids is 1. The minimum atomic E-state index is -0.831. The Hall–Kier alpha value is -1.00. The fourth-order valence-electron chi connectivity index (χ4n) is 1.19. The van der Waals surface area contributed by atoms with Crippen molar-refractivity contribution in [3.05, 3.63) is 35.9 Å². The zero-order chi connectivity index (χ0) is 11.1. The molecule has 3 nitrogen and oxygen atoms in total. The van der Waals surface area contributed by atoms with Crippen LogP contribution in [0, 0.1) is 0 Å². The smallest absolute Gasteiger partial charge is 0.304 e. The molecule has 0 fully saturated rings. The first-order chi connectivity index (χ1) is 7.18. The lowest BCUT2D eigenvalue weighted by Crippen LogP contribution is -2.26. The predicted molar refractivity (Wildman–Crippen MR) is 62.8 cm³/mol. The van der Waals surface area contributed by atoms with Gasteiger partial charge in [-0.25, -0.2) is 0 Å². The minimum absolute atomic E-state index is 0.0434. The predicted octanol–water partition coefficient (Wildman–Crippen LogP) is 1.72. The van der Waals surface area contributed by atoms with Crippen molar-refractivity contribution >= 4 is 17.7 Å². The first-order valence-corrected chi connectivity index (χ1v) is 5.93. The largest absolute Gasteiger partial charge is 0.481 e. The third-order valence-electron chi connectivity index (χ3n) is 1.88. The average Bonchev–Trinajstić information content (AvgIpc) is 2.18. The topological polar surface area (TPSA) is 63.3 Å². The van der Waals surface area contributed by atoms with Crippen LogP contribution in [0.1, 0.15) is 12.0 Å². The Morgan fingerprint density at radius 1 is 1.40 bits per heavy atom. The Morgan fingerprint density at radius 2 is 2.07 bits per heavy atom. The van der Waals surface area contributed by atoms with Gasteiger partial charge in [0.15, 0.2) is 0 Å². The Balaban J connectivity index is 2.19. The maximum absolute atomic E-state index is 10.4. The summed E-state index contributed by atoms with van der Waals surface area (Å²) >= 11 is 1.67. The molecular formula is C11H15NO2S. The van der Waals surface area contributed by atoms with E-state index in [2.05, 4.69) is 12.1 Å². The summed E-state index contributed by atoms with van der Waals surface area (Å²) in [5, 5.41) is 8.51. The Kier molecular flexibility index (Phi) is 5.21. The van der Waals surface area contributed by atoms with Crippen LogP contribution in [0.2, 0.25) is 0 Å². The van der Waals surface area contributed by atoms with Crippen molar-refractivity contribution in [2.75, 3.05) is 5.75 Å². The summed E-state index contributed by atoms with van der Waals surface area (Å²) in [6.45, 7) is 0. The Labute approximate surface area is 93.7 Å². The second kappa shape index (κ2) is 6.48. The highest BCUT2D eigenvalue weighted by atomic mass is 32.2. The molecule has 1 aromatic carbocycles. The molecule has 0 aliphatic rings. The maximum atomic E-state index is 10.4. The third-order valence-corrected chi connectivity index (χ3v) is 3.08. The van der Waals surface area contributed by atoms with Crippen LogP contribution >= 0.6 is 11.8 Å². The number of benzene rings is 1. The molecule has 0 saturated heterocycles. The highest BCUT2D eigenvalue weighted by molar-refractivity contribution is 7.98. The third kappa shape index (κ3) is 5.44. The van der Waals surface area contributed by atoms with Crippen LogP contribution in [0.15, 0.2) is 30.3 Å². The number of rotatable bonds is 6. The summed E-state index contributed by atoms with van der Waals surface area (Å²) < 4.78 is 0. The van der Waals surface area contributed by atoms with E-state index in [9.17, 15) is 4.79 Å². The van der Waals surface area contributed by atoms with E-state index < -0.39 is 5.97 Å². The molecule has 15 heavy (non-hydrogen) atoms. The minimum Gasteiger partial charge on any atom is -0.481 e. The highest BCUT2D eigenvalue weighted by Gasteiger charge is 2.07. The molecule has 0 heterocycles. The van der Waals surface area contributed by atoms with Gasteiger partial charge in [0, 0.05) is 17.5 Å². The summed E-state index contributed by atoms with van der Waals surface area (Å²) in [5.41, 5.74) is 6.88. The molecule has 82 valence electrons. The SMILES string of the molecule is NC(CSCc1ccccc1)CC(=O)O. The summed E-state index contributed by atoms with van der Waals surface area (Å²) in [7, 11) is 0. The number of nitrogens with two attached hydrogens (primary N) is 1. The lowest BCUT2D eigenvalue weighted by atomic mass is 10.2. The van der Waals surface area contributed by atoms with Crippen LogP contribution in [0.5, 0.6) is 0 Å². The zero-order valence-corrected chi connectivity index (χ0v) is 9.24. The monoisotopic (exact) mass is 225 g/mol. The van der Waals surface area contributed by atoms with E-state index in [1.165, 1.54) is 5.56 Å². The summed E-state index contributed by atoms with van der Waals surface area (Å²) in [6.07, 6.45) is 0.0434. The van der Waals surface area contributed by atoms with Crippen molar-refractivity contribution in [3.63, 3.8) is 0 Å². The van der Waals surface area contributed by atoms with Gasteiger partial charge < -0.3 is 10.8 Å². The molecule has 3 N–H and O–H groups in total. The lowest BCUT2D eigenvalue weighted by molar-refractivity contribution is -0.137. The number of hydrogen-bond acceptors (Lipinski definition) is 3. The molecule has 0 aliphatic carbocycles. The van der Waals surface area contributed by atoms with E-state index in [0.29, 0.717) is 5.75 Å². The number of thioether (sulfide) groups is 1.